The molecule has 1 saturated carbocycles. The monoisotopic (exact) mass is 479 g/mol. The lowest BCUT2D eigenvalue weighted by atomic mass is 9.79. The van der Waals surface area contributed by atoms with Gasteiger partial charge in [0.05, 0.1) is 23.8 Å². The summed E-state index contributed by atoms with van der Waals surface area (Å²) in [5, 5.41) is 20.5. The molecular formula is C23H28F3N5O3. The SMILES string of the molecule is Cn1ccc([C@]2(O)CC[C@H](N3CC(NC(=O)CNC(=O)c4cccc(C(F)(F)F)c4)C3)CC2)n1. The molecule has 1 saturated heterocycles. The molecule has 11 heteroatoms. The molecule has 3 N–H and O–H groups in total. The first-order valence-electron chi connectivity index (χ1n) is 11.2. The number of aryl methyl sites for hydroxylation is 1. The first kappa shape index (κ1) is 24.2. The third kappa shape index (κ3) is 5.41. The molecule has 0 bridgehead atoms. The van der Waals surface area contributed by atoms with Gasteiger partial charge in [0.2, 0.25) is 5.91 Å². The Hall–Kier alpha value is -2.92. The predicted octanol–water partition coefficient (Wildman–Crippen LogP) is 1.80. The number of halogens is 3. The number of nitrogens with zero attached hydrogens (tertiary/aromatic N) is 3. The minimum atomic E-state index is -4.54. The highest BCUT2D eigenvalue weighted by Crippen LogP contribution is 2.38. The van der Waals surface area contributed by atoms with Crippen LogP contribution in [0.4, 0.5) is 13.2 Å². The fourth-order valence-corrected chi connectivity index (χ4v) is 4.64. The van der Waals surface area contributed by atoms with Gasteiger partial charge in [-0.3, -0.25) is 19.2 Å². The summed E-state index contributed by atoms with van der Waals surface area (Å²) in [4.78, 5) is 26.6. The van der Waals surface area contributed by atoms with Gasteiger partial charge in [-0.25, -0.2) is 0 Å². The lowest BCUT2D eigenvalue weighted by molar-refractivity contribution is -0.137. The van der Waals surface area contributed by atoms with E-state index in [-0.39, 0.29) is 18.2 Å². The number of alkyl halides is 3. The molecule has 8 nitrogen and oxygen atoms in total. The summed E-state index contributed by atoms with van der Waals surface area (Å²) in [5.74, 6) is -1.13. The summed E-state index contributed by atoms with van der Waals surface area (Å²) >= 11 is 0. The number of nitrogens with one attached hydrogen (secondary N) is 2. The number of amides is 2. The predicted molar refractivity (Wildman–Crippen MR) is 117 cm³/mol. The zero-order valence-corrected chi connectivity index (χ0v) is 18.8. The Bertz CT molecular complexity index is 1040. The summed E-state index contributed by atoms with van der Waals surface area (Å²) in [7, 11) is 1.82. The van der Waals surface area contributed by atoms with Crippen LogP contribution < -0.4 is 10.6 Å². The van der Waals surface area contributed by atoms with Gasteiger partial charge in [-0.2, -0.15) is 18.3 Å². The number of carbonyl (C=O) groups is 2. The average Bonchev–Trinajstić information content (AvgIpc) is 3.22. The van der Waals surface area contributed by atoms with Gasteiger partial charge in [0.15, 0.2) is 0 Å². The van der Waals surface area contributed by atoms with Crippen molar-refractivity contribution in [3.05, 3.63) is 53.3 Å². The highest BCUT2D eigenvalue weighted by Gasteiger charge is 2.41. The lowest BCUT2D eigenvalue weighted by Gasteiger charge is -2.48. The highest BCUT2D eigenvalue weighted by molar-refractivity contribution is 5.96. The van der Waals surface area contributed by atoms with Crippen LogP contribution in [-0.4, -0.2) is 63.3 Å². The van der Waals surface area contributed by atoms with Crippen LogP contribution in [0.5, 0.6) is 0 Å². The maximum atomic E-state index is 12.8. The zero-order valence-electron chi connectivity index (χ0n) is 18.8. The van der Waals surface area contributed by atoms with Gasteiger partial charge in [0, 0.05) is 37.9 Å². The van der Waals surface area contributed by atoms with Crippen molar-refractivity contribution in [2.45, 2.75) is 49.5 Å². The number of carbonyl (C=O) groups excluding carboxylic acids is 2. The molecule has 0 spiro atoms. The Morgan fingerprint density at radius 2 is 1.91 bits per heavy atom. The van der Waals surface area contributed by atoms with E-state index in [0.717, 1.165) is 31.0 Å². The Balaban J connectivity index is 1.17. The number of hydrogen-bond acceptors (Lipinski definition) is 5. The van der Waals surface area contributed by atoms with E-state index in [1.807, 2.05) is 19.3 Å². The topological polar surface area (TPSA) is 99.5 Å². The fourth-order valence-electron chi connectivity index (χ4n) is 4.64. The van der Waals surface area contributed by atoms with Gasteiger partial charge in [-0.05, 0) is 49.9 Å². The molecule has 0 radical (unpaired) electrons. The summed E-state index contributed by atoms with van der Waals surface area (Å²) in [6.45, 7) is 1.05. The summed E-state index contributed by atoms with van der Waals surface area (Å²) in [6, 6.07) is 6.20. The molecule has 2 fully saturated rings. The lowest BCUT2D eigenvalue weighted by Crippen LogP contribution is -2.63. The molecule has 34 heavy (non-hydrogen) atoms. The van der Waals surface area contributed by atoms with Crippen LogP contribution in [0.25, 0.3) is 0 Å². The van der Waals surface area contributed by atoms with E-state index in [4.69, 9.17) is 0 Å². The molecule has 4 rings (SSSR count). The molecule has 1 aromatic heterocycles. The number of benzene rings is 1. The van der Waals surface area contributed by atoms with Gasteiger partial charge in [0.25, 0.3) is 5.91 Å². The van der Waals surface area contributed by atoms with Gasteiger partial charge in [-0.15, -0.1) is 0 Å². The third-order valence-corrected chi connectivity index (χ3v) is 6.63. The molecule has 2 aromatic rings. The minimum Gasteiger partial charge on any atom is -0.383 e. The first-order valence-corrected chi connectivity index (χ1v) is 11.2. The first-order chi connectivity index (χ1) is 16.0. The van der Waals surface area contributed by atoms with Crippen molar-refractivity contribution >= 4 is 11.8 Å². The second kappa shape index (κ2) is 9.38. The van der Waals surface area contributed by atoms with Crippen molar-refractivity contribution in [3.63, 3.8) is 0 Å². The number of rotatable bonds is 6. The standard InChI is InChI=1S/C23H28F3N5O3/c1-30-10-7-19(29-30)22(34)8-5-18(6-9-22)31-13-17(14-31)28-20(32)12-27-21(33)15-3-2-4-16(11-15)23(24,25)26/h2-4,7,10-11,17-18,34H,5-6,8-9,12-14H2,1H3,(H,27,33)(H,28,32)/t18-,22-. The maximum Gasteiger partial charge on any atom is 0.416 e. The quantitative estimate of drug-likeness (QED) is 0.587. The van der Waals surface area contributed by atoms with E-state index in [1.165, 1.54) is 6.07 Å². The second-order valence-corrected chi connectivity index (χ2v) is 9.12. The molecule has 1 aromatic carbocycles. The third-order valence-electron chi connectivity index (χ3n) is 6.63. The van der Waals surface area contributed by atoms with Crippen molar-refractivity contribution in [1.82, 2.24) is 25.3 Å². The van der Waals surface area contributed by atoms with E-state index < -0.39 is 29.2 Å². The van der Waals surface area contributed by atoms with Crippen LogP contribution in [0.15, 0.2) is 36.5 Å². The normalized spacial score (nSPS) is 23.9. The van der Waals surface area contributed by atoms with E-state index in [9.17, 15) is 27.9 Å². The number of hydrogen-bond donors (Lipinski definition) is 3. The van der Waals surface area contributed by atoms with Crippen LogP contribution in [0.2, 0.25) is 0 Å². The molecule has 1 aliphatic heterocycles. The van der Waals surface area contributed by atoms with E-state index >= 15 is 0 Å². The summed E-state index contributed by atoms with van der Waals surface area (Å²) < 4.78 is 40.1. The average molecular weight is 480 g/mol. The van der Waals surface area contributed by atoms with Gasteiger partial charge in [-0.1, -0.05) is 6.07 Å². The maximum absolute atomic E-state index is 12.8. The van der Waals surface area contributed by atoms with Crippen LogP contribution in [0, 0.1) is 0 Å². The Labute approximate surface area is 195 Å². The summed E-state index contributed by atoms with van der Waals surface area (Å²) in [6.07, 6.45) is 0.207. The van der Waals surface area contributed by atoms with Crippen LogP contribution in [0.1, 0.15) is 47.3 Å². The van der Waals surface area contributed by atoms with Gasteiger partial charge >= 0.3 is 6.18 Å². The van der Waals surface area contributed by atoms with E-state index in [2.05, 4.69) is 20.6 Å². The van der Waals surface area contributed by atoms with Crippen molar-refractivity contribution in [1.29, 1.82) is 0 Å². The minimum absolute atomic E-state index is 0.0467. The van der Waals surface area contributed by atoms with Crippen molar-refractivity contribution < 1.29 is 27.9 Å². The molecule has 0 unspecified atom stereocenters. The molecule has 2 heterocycles. The van der Waals surface area contributed by atoms with Crippen LogP contribution >= 0.6 is 0 Å². The fraction of sp³-hybridized carbons (Fsp3) is 0.522. The molecule has 1 aliphatic carbocycles. The summed E-state index contributed by atoms with van der Waals surface area (Å²) in [5.41, 5.74) is -1.26. The van der Waals surface area contributed by atoms with Crippen molar-refractivity contribution in [3.8, 4) is 0 Å². The molecule has 184 valence electrons. The van der Waals surface area contributed by atoms with Crippen molar-refractivity contribution in [2.24, 2.45) is 7.05 Å². The molecular weight excluding hydrogens is 451 g/mol. The second-order valence-electron chi connectivity index (χ2n) is 9.12. The van der Waals surface area contributed by atoms with Crippen molar-refractivity contribution in [2.75, 3.05) is 19.6 Å². The number of aromatic nitrogens is 2. The largest absolute Gasteiger partial charge is 0.416 e. The highest BCUT2D eigenvalue weighted by atomic mass is 19.4. The van der Waals surface area contributed by atoms with Crippen LogP contribution in [-0.2, 0) is 23.6 Å². The zero-order chi connectivity index (χ0) is 24.5. The Morgan fingerprint density at radius 1 is 1.21 bits per heavy atom. The molecule has 0 atom stereocenters. The molecule has 2 aliphatic rings. The molecule has 2 amide bonds. The number of likely N-dealkylation sites (tertiary alicyclic amines) is 1. The van der Waals surface area contributed by atoms with Gasteiger partial charge in [0.1, 0.15) is 5.60 Å². The Kier molecular flexibility index (Phi) is 6.68. The Morgan fingerprint density at radius 3 is 2.53 bits per heavy atom. The number of aliphatic hydroxyl groups is 1. The van der Waals surface area contributed by atoms with Gasteiger partial charge < -0.3 is 15.7 Å². The van der Waals surface area contributed by atoms with E-state index in [0.29, 0.717) is 37.7 Å². The smallest absolute Gasteiger partial charge is 0.383 e. The van der Waals surface area contributed by atoms with E-state index in [1.54, 1.807) is 4.68 Å². The van der Waals surface area contributed by atoms with Crippen LogP contribution in [0.3, 0.4) is 0 Å².